The molecule has 0 saturated carbocycles. The standard InChI is InChI=1S/C16H23N3O2/c1-12(2)10-14(16(21)19-8-3-4-9-19)18-15(20)13-6-5-7-17-11-13/h5-7,11-12,14H,3-4,8-10H2,1-2H3,(H,18,20)/t14-/m1/s1. The van der Waals surface area contributed by atoms with Crippen LogP contribution in [0.3, 0.4) is 0 Å². The molecule has 0 bridgehead atoms. The van der Waals surface area contributed by atoms with Crippen molar-refractivity contribution in [1.29, 1.82) is 0 Å². The number of nitrogens with one attached hydrogen (secondary N) is 1. The van der Waals surface area contributed by atoms with Gasteiger partial charge in [-0.15, -0.1) is 0 Å². The van der Waals surface area contributed by atoms with Gasteiger partial charge in [-0.3, -0.25) is 14.6 Å². The number of pyridine rings is 1. The van der Waals surface area contributed by atoms with Gasteiger partial charge < -0.3 is 10.2 Å². The lowest BCUT2D eigenvalue weighted by Gasteiger charge is -2.25. The summed E-state index contributed by atoms with van der Waals surface area (Å²) in [5.74, 6) is 0.149. The molecule has 2 amide bonds. The van der Waals surface area contributed by atoms with Gasteiger partial charge in [0.2, 0.25) is 5.91 Å². The molecule has 1 aromatic rings. The third-order valence-corrected chi connectivity index (χ3v) is 3.65. The van der Waals surface area contributed by atoms with Crippen molar-refractivity contribution in [1.82, 2.24) is 15.2 Å². The average Bonchev–Trinajstić information content (AvgIpc) is 3.00. The molecule has 0 aromatic carbocycles. The summed E-state index contributed by atoms with van der Waals surface area (Å²) in [6, 6.07) is 2.97. The lowest BCUT2D eigenvalue weighted by molar-refractivity contribution is -0.132. The first kappa shape index (κ1) is 15.5. The van der Waals surface area contributed by atoms with Gasteiger partial charge in [-0.05, 0) is 37.3 Å². The Morgan fingerprint density at radius 3 is 2.62 bits per heavy atom. The topological polar surface area (TPSA) is 62.3 Å². The van der Waals surface area contributed by atoms with Crippen LogP contribution >= 0.6 is 0 Å². The molecule has 1 aliphatic rings. The molecule has 5 heteroatoms. The van der Waals surface area contributed by atoms with Crippen LogP contribution in [0.1, 0.15) is 43.5 Å². The Morgan fingerprint density at radius 1 is 1.33 bits per heavy atom. The molecule has 21 heavy (non-hydrogen) atoms. The molecule has 1 aromatic heterocycles. The van der Waals surface area contributed by atoms with Gasteiger partial charge in [-0.2, -0.15) is 0 Å². The normalized spacial score (nSPS) is 16.0. The second-order valence-corrected chi connectivity index (χ2v) is 5.93. The van der Waals surface area contributed by atoms with Crippen LogP contribution in [-0.4, -0.2) is 40.8 Å². The number of carbonyl (C=O) groups excluding carboxylic acids is 2. The molecule has 0 aliphatic carbocycles. The van der Waals surface area contributed by atoms with E-state index >= 15 is 0 Å². The lowest BCUT2D eigenvalue weighted by atomic mass is 10.0. The molecular weight excluding hydrogens is 266 g/mol. The highest BCUT2D eigenvalue weighted by atomic mass is 16.2. The minimum atomic E-state index is -0.448. The highest BCUT2D eigenvalue weighted by Crippen LogP contribution is 2.14. The summed E-state index contributed by atoms with van der Waals surface area (Å²) >= 11 is 0. The Labute approximate surface area is 125 Å². The highest BCUT2D eigenvalue weighted by molar-refractivity contribution is 5.97. The number of rotatable bonds is 5. The van der Waals surface area contributed by atoms with Gasteiger partial charge in [0.15, 0.2) is 0 Å². The minimum Gasteiger partial charge on any atom is -0.341 e. The van der Waals surface area contributed by atoms with Crippen molar-refractivity contribution < 1.29 is 9.59 Å². The predicted octanol–water partition coefficient (Wildman–Crippen LogP) is 1.85. The molecule has 1 fully saturated rings. The Bertz CT molecular complexity index is 482. The fraction of sp³-hybridized carbons (Fsp3) is 0.562. The molecule has 1 N–H and O–H groups in total. The number of likely N-dealkylation sites (tertiary alicyclic amines) is 1. The Kier molecular flexibility index (Phi) is 5.31. The maximum absolute atomic E-state index is 12.5. The third-order valence-electron chi connectivity index (χ3n) is 3.65. The van der Waals surface area contributed by atoms with Crippen LogP contribution in [0.15, 0.2) is 24.5 Å². The van der Waals surface area contributed by atoms with Crippen LogP contribution in [0, 0.1) is 5.92 Å². The van der Waals surface area contributed by atoms with Crippen molar-refractivity contribution >= 4 is 11.8 Å². The van der Waals surface area contributed by atoms with Crippen LogP contribution in [-0.2, 0) is 4.79 Å². The number of hydrogen-bond acceptors (Lipinski definition) is 3. The van der Waals surface area contributed by atoms with Crippen LogP contribution in [0.5, 0.6) is 0 Å². The van der Waals surface area contributed by atoms with E-state index in [9.17, 15) is 9.59 Å². The summed E-state index contributed by atoms with van der Waals surface area (Å²) in [6.07, 6.45) is 5.90. The van der Waals surface area contributed by atoms with Crippen molar-refractivity contribution in [2.45, 2.75) is 39.2 Å². The molecule has 2 rings (SSSR count). The Hall–Kier alpha value is -1.91. The van der Waals surface area contributed by atoms with E-state index in [1.165, 1.54) is 6.20 Å². The van der Waals surface area contributed by atoms with Gasteiger partial charge in [0.05, 0.1) is 5.56 Å². The lowest BCUT2D eigenvalue weighted by Crippen LogP contribution is -2.48. The second kappa shape index (κ2) is 7.20. The third kappa shape index (κ3) is 4.28. The van der Waals surface area contributed by atoms with Crippen LogP contribution in [0.25, 0.3) is 0 Å². The van der Waals surface area contributed by atoms with Crippen molar-refractivity contribution in [3.63, 3.8) is 0 Å². The van der Waals surface area contributed by atoms with E-state index in [1.807, 2.05) is 4.90 Å². The zero-order chi connectivity index (χ0) is 15.2. The van der Waals surface area contributed by atoms with Gasteiger partial charge in [0.25, 0.3) is 5.91 Å². The van der Waals surface area contributed by atoms with Gasteiger partial charge in [0.1, 0.15) is 6.04 Å². The van der Waals surface area contributed by atoms with Gasteiger partial charge in [-0.25, -0.2) is 0 Å². The van der Waals surface area contributed by atoms with Crippen molar-refractivity contribution in [2.24, 2.45) is 5.92 Å². The van der Waals surface area contributed by atoms with Crippen molar-refractivity contribution in [3.05, 3.63) is 30.1 Å². The SMILES string of the molecule is CC(C)C[C@@H](NC(=O)c1cccnc1)C(=O)N1CCCC1. The number of carbonyl (C=O) groups is 2. The molecule has 1 aliphatic heterocycles. The monoisotopic (exact) mass is 289 g/mol. The van der Waals surface area contributed by atoms with Crippen LogP contribution in [0.2, 0.25) is 0 Å². The van der Waals surface area contributed by atoms with Crippen LogP contribution in [0.4, 0.5) is 0 Å². The predicted molar refractivity (Wildman–Crippen MR) is 80.8 cm³/mol. The molecular formula is C16H23N3O2. The molecule has 1 atom stereocenters. The fourth-order valence-electron chi connectivity index (χ4n) is 2.59. The Balaban J connectivity index is 2.05. The average molecular weight is 289 g/mol. The van der Waals surface area contributed by atoms with Gasteiger partial charge in [-0.1, -0.05) is 13.8 Å². The van der Waals surface area contributed by atoms with E-state index in [0.29, 0.717) is 17.9 Å². The minimum absolute atomic E-state index is 0.0402. The van der Waals surface area contributed by atoms with Crippen molar-refractivity contribution in [3.8, 4) is 0 Å². The second-order valence-electron chi connectivity index (χ2n) is 5.93. The highest BCUT2D eigenvalue weighted by Gasteiger charge is 2.28. The first-order valence-electron chi connectivity index (χ1n) is 7.57. The zero-order valence-corrected chi connectivity index (χ0v) is 12.7. The van der Waals surface area contributed by atoms with E-state index in [-0.39, 0.29) is 11.8 Å². The molecule has 1 saturated heterocycles. The number of aromatic nitrogens is 1. The zero-order valence-electron chi connectivity index (χ0n) is 12.7. The summed E-state index contributed by atoms with van der Waals surface area (Å²) in [4.78, 5) is 30.6. The summed E-state index contributed by atoms with van der Waals surface area (Å²) in [7, 11) is 0. The molecule has 0 spiro atoms. The Morgan fingerprint density at radius 2 is 2.05 bits per heavy atom. The van der Waals surface area contributed by atoms with E-state index in [0.717, 1.165) is 25.9 Å². The first-order valence-corrected chi connectivity index (χ1v) is 7.57. The van der Waals surface area contributed by atoms with Crippen molar-refractivity contribution in [2.75, 3.05) is 13.1 Å². The quantitative estimate of drug-likeness (QED) is 0.900. The van der Waals surface area contributed by atoms with E-state index in [1.54, 1.807) is 18.3 Å². The summed E-state index contributed by atoms with van der Waals surface area (Å²) < 4.78 is 0. The summed E-state index contributed by atoms with van der Waals surface area (Å²) in [5, 5.41) is 2.87. The summed E-state index contributed by atoms with van der Waals surface area (Å²) in [6.45, 7) is 5.72. The fourth-order valence-corrected chi connectivity index (χ4v) is 2.59. The van der Waals surface area contributed by atoms with Gasteiger partial charge >= 0.3 is 0 Å². The molecule has 114 valence electrons. The largest absolute Gasteiger partial charge is 0.341 e. The molecule has 0 radical (unpaired) electrons. The van der Waals surface area contributed by atoms with Gasteiger partial charge in [0, 0.05) is 25.5 Å². The molecule has 5 nitrogen and oxygen atoms in total. The van der Waals surface area contributed by atoms with E-state index < -0.39 is 6.04 Å². The maximum Gasteiger partial charge on any atom is 0.253 e. The molecule has 0 unspecified atom stereocenters. The smallest absolute Gasteiger partial charge is 0.253 e. The van der Waals surface area contributed by atoms with E-state index in [2.05, 4.69) is 24.1 Å². The molecule has 2 heterocycles. The maximum atomic E-state index is 12.5. The summed E-state index contributed by atoms with van der Waals surface area (Å²) in [5.41, 5.74) is 0.487. The van der Waals surface area contributed by atoms with Crippen LogP contribution < -0.4 is 5.32 Å². The number of hydrogen-bond donors (Lipinski definition) is 1. The number of nitrogens with zero attached hydrogens (tertiary/aromatic N) is 2. The number of amides is 2. The first-order chi connectivity index (χ1) is 10.1. The van der Waals surface area contributed by atoms with E-state index in [4.69, 9.17) is 0 Å².